The van der Waals surface area contributed by atoms with Crippen molar-refractivity contribution in [3.05, 3.63) is 12.2 Å². The highest BCUT2D eigenvalue weighted by Gasteiger charge is 1.96. The Balaban J connectivity index is 3.05. The summed E-state index contributed by atoms with van der Waals surface area (Å²) in [6, 6.07) is 0. The molecule has 0 saturated heterocycles. The van der Waals surface area contributed by atoms with Crippen LogP contribution in [0.4, 0.5) is 0 Å². The average Bonchev–Trinajstić information content (AvgIpc) is 2.91. The normalized spacial score (nSPS) is 11.7. The molecule has 1 nitrogen and oxygen atoms in total. The molecule has 0 amide bonds. The molecule has 1 heteroatoms. The number of hydrogen-bond acceptors (Lipinski definition) is 1. The van der Waals surface area contributed by atoms with Gasteiger partial charge in [0.25, 0.3) is 0 Å². The lowest BCUT2D eigenvalue weighted by Crippen LogP contribution is -2.16. The summed E-state index contributed by atoms with van der Waals surface area (Å²) >= 11 is 0. The Hall–Kier alpha value is -0.300. The maximum atomic E-state index is 3.68. The molecule has 0 saturated carbocycles. The van der Waals surface area contributed by atoms with Crippen molar-refractivity contribution in [2.24, 2.45) is 0 Å². The van der Waals surface area contributed by atoms with Gasteiger partial charge in [-0.1, -0.05) is 180 Å². The molecule has 1 N–H and O–H groups in total. The Morgan fingerprint density at radius 1 is 0.297 bits per heavy atom. The van der Waals surface area contributed by atoms with E-state index in [2.05, 4.69) is 31.3 Å². The zero-order valence-electron chi connectivity index (χ0n) is 26.3. The van der Waals surface area contributed by atoms with Gasteiger partial charge < -0.3 is 5.32 Å². The largest absolute Gasteiger partial charge is 0.317 e. The molecular weight excluding hydrogens is 446 g/mol. The van der Waals surface area contributed by atoms with Crippen LogP contribution in [0, 0.1) is 0 Å². The van der Waals surface area contributed by atoms with Gasteiger partial charge in [-0.15, -0.1) is 0 Å². The minimum Gasteiger partial charge on any atom is -0.317 e. The van der Waals surface area contributed by atoms with E-state index in [0.717, 1.165) is 0 Å². The topological polar surface area (TPSA) is 12.0 Å². The summed E-state index contributed by atoms with van der Waals surface area (Å²) in [6.45, 7) is 7.08. The monoisotopic (exact) mass is 520 g/mol. The molecule has 0 atom stereocenters. The van der Waals surface area contributed by atoms with Crippen molar-refractivity contribution in [3.8, 4) is 0 Å². The van der Waals surface area contributed by atoms with Crippen LogP contribution < -0.4 is 5.32 Å². The van der Waals surface area contributed by atoms with Gasteiger partial charge in [0.1, 0.15) is 0 Å². The standard InChI is InChI=1S/C36H73N/c1-3-5-7-9-11-13-15-17-19-21-23-25-27-29-31-33-35-37-36-34-32-30-28-26-24-22-20-18-16-14-12-10-8-6-4-2/h17,19,37H,3-16,18,20-36H2,1-2H3/b19-17-. The first-order valence-electron chi connectivity index (χ1n) is 17.8. The summed E-state index contributed by atoms with van der Waals surface area (Å²) in [5.41, 5.74) is 0. The third-order valence-corrected chi connectivity index (χ3v) is 8.07. The predicted octanol–water partition coefficient (Wildman–Crippen LogP) is 12.9. The third kappa shape index (κ3) is 35.7. The molecule has 37 heavy (non-hydrogen) atoms. The molecule has 0 rings (SSSR count). The molecule has 0 fully saturated rings. The van der Waals surface area contributed by atoms with Gasteiger partial charge in [0, 0.05) is 0 Å². The third-order valence-electron chi connectivity index (χ3n) is 8.07. The number of hydrogen-bond donors (Lipinski definition) is 1. The summed E-state index contributed by atoms with van der Waals surface area (Å²) in [7, 11) is 0. The SMILES string of the molecule is CCCCCCCC/C=C\CCCCCCCCNCCCCCCCCCCCCCCCCCC. The quantitative estimate of drug-likeness (QED) is 0.0671. The fourth-order valence-electron chi connectivity index (χ4n) is 5.42. The summed E-state index contributed by atoms with van der Waals surface area (Å²) in [5.74, 6) is 0. The molecule has 0 unspecified atom stereocenters. The minimum absolute atomic E-state index is 1.24. The molecule has 0 aliphatic rings. The molecule has 0 spiro atoms. The van der Waals surface area contributed by atoms with E-state index in [0.29, 0.717) is 0 Å². The van der Waals surface area contributed by atoms with Crippen molar-refractivity contribution in [3.63, 3.8) is 0 Å². The molecule has 0 heterocycles. The van der Waals surface area contributed by atoms with Crippen LogP contribution in [-0.4, -0.2) is 13.1 Å². The lowest BCUT2D eigenvalue weighted by atomic mass is 10.0. The first-order valence-corrected chi connectivity index (χ1v) is 17.8. The lowest BCUT2D eigenvalue weighted by Gasteiger charge is -2.05. The van der Waals surface area contributed by atoms with E-state index in [1.807, 2.05) is 0 Å². The van der Waals surface area contributed by atoms with Gasteiger partial charge in [0.2, 0.25) is 0 Å². The highest BCUT2D eigenvalue weighted by Crippen LogP contribution is 2.14. The number of unbranched alkanes of at least 4 members (excludes halogenated alkanes) is 27. The van der Waals surface area contributed by atoms with E-state index < -0.39 is 0 Å². The molecule has 0 aromatic heterocycles. The second kappa shape index (κ2) is 35.7. The molecule has 0 aliphatic heterocycles. The molecule has 0 aromatic carbocycles. The van der Waals surface area contributed by atoms with Crippen molar-refractivity contribution >= 4 is 0 Å². The van der Waals surface area contributed by atoms with Crippen LogP contribution in [0.2, 0.25) is 0 Å². The molecule has 0 bridgehead atoms. The van der Waals surface area contributed by atoms with Gasteiger partial charge in [0.05, 0.1) is 0 Å². The van der Waals surface area contributed by atoms with Crippen LogP contribution in [0.3, 0.4) is 0 Å². The van der Waals surface area contributed by atoms with Gasteiger partial charge in [-0.25, -0.2) is 0 Å². The number of nitrogens with one attached hydrogen (secondary N) is 1. The maximum Gasteiger partial charge on any atom is -0.00489 e. The molecule has 0 aliphatic carbocycles. The van der Waals surface area contributed by atoms with E-state index in [1.54, 1.807) is 0 Å². The van der Waals surface area contributed by atoms with Gasteiger partial charge in [-0.3, -0.25) is 0 Å². The second-order valence-electron chi connectivity index (χ2n) is 12.0. The Kier molecular flexibility index (Phi) is 35.4. The van der Waals surface area contributed by atoms with Gasteiger partial charge in [0.15, 0.2) is 0 Å². The fraction of sp³-hybridized carbons (Fsp3) is 0.944. The van der Waals surface area contributed by atoms with Crippen LogP contribution >= 0.6 is 0 Å². The first-order chi connectivity index (χ1) is 18.4. The Morgan fingerprint density at radius 3 is 0.838 bits per heavy atom. The zero-order chi connectivity index (χ0) is 26.7. The van der Waals surface area contributed by atoms with Crippen molar-refractivity contribution in [1.82, 2.24) is 5.32 Å². The van der Waals surface area contributed by atoms with E-state index in [4.69, 9.17) is 0 Å². The van der Waals surface area contributed by atoms with Gasteiger partial charge >= 0.3 is 0 Å². The van der Waals surface area contributed by atoms with E-state index >= 15 is 0 Å². The molecule has 0 radical (unpaired) electrons. The highest BCUT2D eigenvalue weighted by molar-refractivity contribution is 4.81. The van der Waals surface area contributed by atoms with Crippen LogP contribution in [-0.2, 0) is 0 Å². The van der Waals surface area contributed by atoms with Crippen molar-refractivity contribution in [2.75, 3.05) is 13.1 Å². The second-order valence-corrected chi connectivity index (χ2v) is 12.0. The summed E-state index contributed by atoms with van der Waals surface area (Å²) in [5, 5.41) is 3.68. The lowest BCUT2D eigenvalue weighted by molar-refractivity contribution is 0.520. The molecule has 222 valence electrons. The molecule has 0 aromatic rings. The van der Waals surface area contributed by atoms with Crippen molar-refractivity contribution < 1.29 is 0 Å². The predicted molar refractivity (Wildman–Crippen MR) is 172 cm³/mol. The van der Waals surface area contributed by atoms with Crippen LogP contribution in [0.5, 0.6) is 0 Å². The minimum atomic E-state index is 1.24. The van der Waals surface area contributed by atoms with Crippen LogP contribution in [0.15, 0.2) is 12.2 Å². The smallest absolute Gasteiger partial charge is 0.00489 e. The Labute approximate surface area is 236 Å². The van der Waals surface area contributed by atoms with Crippen LogP contribution in [0.1, 0.15) is 206 Å². The first kappa shape index (κ1) is 36.7. The number of allylic oxidation sites excluding steroid dienone is 2. The van der Waals surface area contributed by atoms with Crippen molar-refractivity contribution in [1.29, 1.82) is 0 Å². The Bertz CT molecular complexity index is 401. The van der Waals surface area contributed by atoms with Crippen molar-refractivity contribution in [2.45, 2.75) is 206 Å². The summed E-state index contributed by atoms with van der Waals surface area (Å²) in [6.07, 6.45) is 47.7. The Morgan fingerprint density at radius 2 is 0.541 bits per heavy atom. The molecular formula is C36H73N. The van der Waals surface area contributed by atoms with Gasteiger partial charge in [-0.2, -0.15) is 0 Å². The maximum absolute atomic E-state index is 3.68. The summed E-state index contributed by atoms with van der Waals surface area (Å²) in [4.78, 5) is 0. The van der Waals surface area contributed by atoms with E-state index in [-0.39, 0.29) is 0 Å². The fourth-order valence-corrected chi connectivity index (χ4v) is 5.42. The van der Waals surface area contributed by atoms with Crippen LogP contribution in [0.25, 0.3) is 0 Å². The average molecular weight is 520 g/mol. The van der Waals surface area contributed by atoms with Gasteiger partial charge in [-0.05, 0) is 51.6 Å². The van der Waals surface area contributed by atoms with E-state index in [9.17, 15) is 0 Å². The number of rotatable bonds is 33. The highest BCUT2D eigenvalue weighted by atomic mass is 14.8. The summed E-state index contributed by atoms with van der Waals surface area (Å²) < 4.78 is 0. The van der Waals surface area contributed by atoms with E-state index in [1.165, 1.54) is 206 Å². The zero-order valence-corrected chi connectivity index (χ0v) is 26.3.